The molecule has 4 aromatic rings. The van der Waals surface area contributed by atoms with Crippen LogP contribution in [0.5, 0.6) is 0 Å². The van der Waals surface area contributed by atoms with Crippen molar-refractivity contribution < 1.29 is 18.3 Å². The summed E-state index contributed by atoms with van der Waals surface area (Å²) in [6, 6.07) is 19.4. The standard InChI is InChI=1S/C23H15F2NO2/c24-16-9-5-14(6-10-16)23(15-7-11-17(25)12-8-15)13-19-18-3-1-2-4-20(18)26-21(19)22(27)28-23/h1-12,26H,13H2. The molecule has 1 aliphatic rings. The van der Waals surface area contributed by atoms with Crippen molar-refractivity contribution in [3.05, 3.63) is 107 Å². The highest BCUT2D eigenvalue weighted by Crippen LogP contribution is 2.43. The highest BCUT2D eigenvalue weighted by Gasteiger charge is 2.45. The number of hydrogen-bond acceptors (Lipinski definition) is 2. The fourth-order valence-corrected chi connectivity index (χ4v) is 3.98. The Morgan fingerprint density at radius 1 is 0.821 bits per heavy atom. The van der Waals surface area contributed by atoms with Crippen LogP contribution < -0.4 is 0 Å². The zero-order valence-corrected chi connectivity index (χ0v) is 14.7. The lowest BCUT2D eigenvalue weighted by atomic mass is 9.79. The van der Waals surface area contributed by atoms with Crippen LogP contribution in [0.25, 0.3) is 10.9 Å². The largest absolute Gasteiger partial charge is 0.444 e. The summed E-state index contributed by atoms with van der Waals surface area (Å²) >= 11 is 0. The van der Waals surface area contributed by atoms with Crippen molar-refractivity contribution in [3.8, 4) is 0 Å². The number of halogens is 2. The number of benzene rings is 3. The number of carbonyl (C=O) groups excluding carboxylic acids is 1. The molecule has 0 saturated carbocycles. The molecule has 0 aliphatic carbocycles. The maximum absolute atomic E-state index is 13.5. The highest BCUT2D eigenvalue weighted by molar-refractivity contribution is 6.00. The zero-order valence-electron chi connectivity index (χ0n) is 14.7. The Morgan fingerprint density at radius 3 is 2.00 bits per heavy atom. The van der Waals surface area contributed by atoms with Gasteiger partial charge in [-0.2, -0.15) is 0 Å². The fourth-order valence-electron chi connectivity index (χ4n) is 3.98. The van der Waals surface area contributed by atoms with Crippen molar-refractivity contribution in [3.63, 3.8) is 0 Å². The lowest BCUT2D eigenvalue weighted by Crippen LogP contribution is -2.40. The molecule has 0 fully saturated rings. The van der Waals surface area contributed by atoms with E-state index in [1.807, 2.05) is 24.3 Å². The summed E-state index contributed by atoms with van der Waals surface area (Å²) in [6.45, 7) is 0. The molecule has 0 radical (unpaired) electrons. The first-order valence-electron chi connectivity index (χ1n) is 8.92. The molecule has 1 N–H and O–H groups in total. The van der Waals surface area contributed by atoms with Crippen LogP contribution in [0.3, 0.4) is 0 Å². The molecule has 2 heterocycles. The minimum atomic E-state index is -1.17. The van der Waals surface area contributed by atoms with Gasteiger partial charge in [-0.1, -0.05) is 42.5 Å². The first-order chi connectivity index (χ1) is 13.6. The fraction of sp³-hybridized carbons (Fsp3) is 0.0870. The van der Waals surface area contributed by atoms with Gasteiger partial charge in [0.25, 0.3) is 0 Å². The van der Waals surface area contributed by atoms with Crippen molar-refractivity contribution in [1.29, 1.82) is 0 Å². The number of hydrogen-bond donors (Lipinski definition) is 1. The van der Waals surface area contributed by atoms with Crippen LogP contribution in [0.2, 0.25) is 0 Å². The Labute approximate surface area is 159 Å². The Hall–Kier alpha value is -3.47. The number of aromatic amines is 1. The van der Waals surface area contributed by atoms with E-state index in [2.05, 4.69) is 4.98 Å². The molecule has 5 heteroatoms. The van der Waals surface area contributed by atoms with Gasteiger partial charge in [0.1, 0.15) is 17.3 Å². The SMILES string of the molecule is O=C1OC(c2ccc(F)cc2)(c2ccc(F)cc2)Cc2c1[nH]c1ccccc21. The van der Waals surface area contributed by atoms with Crippen molar-refractivity contribution in [2.45, 2.75) is 12.0 Å². The van der Waals surface area contributed by atoms with Crippen molar-refractivity contribution in [2.75, 3.05) is 0 Å². The summed E-state index contributed by atoms with van der Waals surface area (Å²) in [5, 5.41) is 0.933. The molecule has 0 spiro atoms. The predicted molar refractivity (Wildman–Crippen MR) is 101 cm³/mol. The third-order valence-corrected chi connectivity index (χ3v) is 5.33. The highest BCUT2D eigenvalue weighted by atomic mass is 19.1. The van der Waals surface area contributed by atoms with E-state index >= 15 is 0 Å². The number of esters is 1. The normalized spacial score (nSPS) is 15.3. The first kappa shape index (κ1) is 16.7. The van der Waals surface area contributed by atoms with E-state index in [9.17, 15) is 13.6 Å². The summed E-state index contributed by atoms with van der Waals surface area (Å²) in [7, 11) is 0. The van der Waals surface area contributed by atoms with E-state index in [4.69, 9.17) is 4.74 Å². The molecule has 0 unspecified atom stereocenters. The van der Waals surface area contributed by atoms with Gasteiger partial charge < -0.3 is 9.72 Å². The molecule has 0 saturated heterocycles. The smallest absolute Gasteiger partial charge is 0.356 e. The average molecular weight is 375 g/mol. The molecule has 0 atom stereocenters. The average Bonchev–Trinajstić information content (AvgIpc) is 3.08. The molecule has 28 heavy (non-hydrogen) atoms. The molecular formula is C23H15F2NO2. The number of H-pyrrole nitrogens is 1. The maximum Gasteiger partial charge on any atom is 0.356 e. The molecule has 3 aromatic carbocycles. The second kappa shape index (κ2) is 6.02. The van der Waals surface area contributed by atoms with Gasteiger partial charge in [0, 0.05) is 28.5 Å². The second-order valence-corrected chi connectivity index (χ2v) is 6.93. The summed E-state index contributed by atoms with van der Waals surface area (Å²) < 4.78 is 33.1. The number of ether oxygens (including phenoxy) is 1. The van der Waals surface area contributed by atoms with Gasteiger partial charge in [-0.15, -0.1) is 0 Å². The zero-order chi connectivity index (χ0) is 19.3. The topological polar surface area (TPSA) is 42.1 Å². The van der Waals surface area contributed by atoms with Gasteiger partial charge in [0.05, 0.1) is 0 Å². The lowest BCUT2D eigenvalue weighted by molar-refractivity contribution is -0.00795. The molecule has 1 aromatic heterocycles. The van der Waals surface area contributed by atoms with Crippen LogP contribution in [0.4, 0.5) is 8.78 Å². The number of nitrogens with one attached hydrogen (secondary N) is 1. The van der Waals surface area contributed by atoms with Gasteiger partial charge in [-0.05, 0) is 35.9 Å². The van der Waals surface area contributed by atoms with E-state index in [1.165, 1.54) is 24.3 Å². The van der Waals surface area contributed by atoms with Crippen molar-refractivity contribution in [2.24, 2.45) is 0 Å². The van der Waals surface area contributed by atoms with Crippen LogP contribution in [-0.2, 0) is 16.8 Å². The summed E-state index contributed by atoms with van der Waals surface area (Å²) in [6.07, 6.45) is 0.356. The Morgan fingerprint density at radius 2 is 1.39 bits per heavy atom. The summed E-state index contributed by atoms with van der Waals surface area (Å²) in [4.78, 5) is 16.1. The van der Waals surface area contributed by atoms with Gasteiger partial charge in [-0.25, -0.2) is 13.6 Å². The van der Waals surface area contributed by atoms with Gasteiger partial charge in [0.2, 0.25) is 0 Å². The molecule has 138 valence electrons. The van der Waals surface area contributed by atoms with Crippen LogP contribution in [0.1, 0.15) is 27.2 Å². The lowest BCUT2D eigenvalue weighted by Gasteiger charge is -2.37. The summed E-state index contributed by atoms with van der Waals surface area (Å²) in [5.41, 5.74) is 2.19. The third-order valence-electron chi connectivity index (χ3n) is 5.33. The molecule has 0 bridgehead atoms. The molecule has 1 aliphatic heterocycles. The number of cyclic esters (lactones) is 1. The van der Waals surface area contributed by atoms with E-state index in [0.717, 1.165) is 16.5 Å². The number of rotatable bonds is 2. The van der Waals surface area contributed by atoms with E-state index in [-0.39, 0.29) is 11.6 Å². The molecule has 3 nitrogen and oxygen atoms in total. The first-order valence-corrected chi connectivity index (χ1v) is 8.92. The Bertz CT molecular complexity index is 1150. The Balaban J connectivity index is 1.77. The van der Waals surface area contributed by atoms with Gasteiger partial charge in [-0.3, -0.25) is 0 Å². The third kappa shape index (κ3) is 2.43. The summed E-state index contributed by atoms with van der Waals surface area (Å²) in [5.74, 6) is -1.26. The number of aromatic nitrogens is 1. The number of fused-ring (bicyclic) bond motifs is 3. The Kier molecular flexibility index (Phi) is 3.59. The molecular weight excluding hydrogens is 360 g/mol. The van der Waals surface area contributed by atoms with Crippen LogP contribution in [0.15, 0.2) is 72.8 Å². The minimum Gasteiger partial charge on any atom is -0.444 e. The van der Waals surface area contributed by atoms with E-state index < -0.39 is 11.6 Å². The van der Waals surface area contributed by atoms with Gasteiger partial charge >= 0.3 is 5.97 Å². The van der Waals surface area contributed by atoms with E-state index in [1.54, 1.807) is 24.3 Å². The van der Waals surface area contributed by atoms with Crippen LogP contribution >= 0.6 is 0 Å². The second-order valence-electron chi connectivity index (χ2n) is 6.93. The van der Waals surface area contributed by atoms with Gasteiger partial charge in [0.15, 0.2) is 5.60 Å². The van der Waals surface area contributed by atoms with Crippen LogP contribution in [-0.4, -0.2) is 11.0 Å². The predicted octanol–water partition coefficient (Wildman–Crippen LogP) is 5.10. The molecule has 5 rings (SSSR count). The number of carbonyl (C=O) groups is 1. The minimum absolute atomic E-state index is 0.356. The quantitative estimate of drug-likeness (QED) is 0.495. The van der Waals surface area contributed by atoms with E-state index in [0.29, 0.717) is 23.2 Å². The maximum atomic E-state index is 13.5. The monoisotopic (exact) mass is 375 g/mol. The van der Waals surface area contributed by atoms with Crippen molar-refractivity contribution >= 4 is 16.9 Å². The number of para-hydroxylation sites is 1. The van der Waals surface area contributed by atoms with Crippen molar-refractivity contribution in [1.82, 2.24) is 4.98 Å². The molecule has 0 amide bonds. The van der Waals surface area contributed by atoms with Crippen LogP contribution in [0, 0.1) is 11.6 Å².